The van der Waals surface area contributed by atoms with E-state index in [-0.39, 0.29) is 5.92 Å². The number of rotatable bonds is 6. The van der Waals surface area contributed by atoms with Crippen molar-refractivity contribution in [2.75, 3.05) is 12.8 Å². The molecule has 0 saturated heterocycles. The Morgan fingerprint density at radius 2 is 2.05 bits per heavy atom. The maximum Gasteiger partial charge on any atom is 0.325 e. The van der Waals surface area contributed by atoms with Crippen LogP contribution >= 0.6 is 11.8 Å². The molecule has 1 aromatic heterocycles. The van der Waals surface area contributed by atoms with E-state index in [1.807, 2.05) is 19.9 Å². The first-order valence-corrected chi connectivity index (χ1v) is 7.34. The van der Waals surface area contributed by atoms with Crippen LogP contribution in [0.1, 0.15) is 24.2 Å². The van der Waals surface area contributed by atoms with Gasteiger partial charge in [0.25, 0.3) is 0 Å². The minimum atomic E-state index is -0.855. The number of aliphatic carboxylic acids is 1. The molecule has 1 saturated carbocycles. The van der Waals surface area contributed by atoms with Crippen LogP contribution < -0.4 is 5.32 Å². The number of likely N-dealkylation sites (N-methyl/N-ethyl adjacent to an activating group) is 1. The maximum absolute atomic E-state index is 11.6. The van der Waals surface area contributed by atoms with Crippen LogP contribution in [-0.2, 0) is 4.79 Å². The summed E-state index contributed by atoms with van der Waals surface area (Å²) < 4.78 is 0. The second kappa shape index (κ2) is 5.46. The van der Waals surface area contributed by atoms with Gasteiger partial charge < -0.3 is 10.4 Å². The third-order valence-corrected chi connectivity index (χ3v) is 4.53. The lowest BCUT2D eigenvalue weighted by Crippen LogP contribution is -2.54. The fourth-order valence-electron chi connectivity index (χ4n) is 2.25. The number of hydrogen-bond acceptors (Lipinski definition) is 5. The Morgan fingerprint density at radius 1 is 1.47 bits per heavy atom. The molecular formula is C13H19N3O2S. The SMILES string of the molecule is CNC(CSc1nc(C)cc(C)n1)(C(=O)O)C1CC1. The third kappa shape index (κ3) is 3.06. The van der Waals surface area contributed by atoms with Crippen LogP contribution in [0.2, 0.25) is 0 Å². The van der Waals surface area contributed by atoms with Gasteiger partial charge in [-0.2, -0.15) is 0 Å². The predicted molar refractivity (Wildman–Crippen MR) is 74.4 cm³/mol. The van der Waals surface area contributed by atoms with Crippen molar-refractivity contribution in [3.63, 3.8) is 0 Å². The summed E-state index contributed by atoms with van der Waals surface area (Å²) in [5.74, 6) is -0.116. The molecule has 6 heteroatoms. The first-order valence-electron chi connectivity index (χ1n) is 6.35. The molecule has 1 aliphatic carbocycles. The van der Waals surface area contributed by atoms with E-state index in [9.17, 15) is 9.90 Å². The zero-order valence-electron chi connectivity index (χ0n) is 11.4. The Hall–Kier alpha value is -1.14. The van der Waals surface area contributed by atoms with Crippen molar-refractivity contribution in [2.45, 2.75) is 37.4 Å². The van der Waals surface area contributed by atoms with Crippen LogP contribution in [-0.4, -0.2) is 39.4 Å². The van der Waals surface area contributed by atoms with Crippen molar-refractivity contribution in [3.05, 3.63) is 17.5 Å². The van der Waals surface area contributed by atoms with E-state index in [0.29, 0.717) is 10.9 Å². The van der Waals surface area contributed by atoms with Gasteiger partial charge in [0.2, 0.25) is 0 Å². The summed E-state index contributed by atoms with van der Waals surface area (Å²) in [5.41, 5.74) is 0.963. The largest absolute Gasteiger partial charge is 0.480 e. The first-order chi connectivity index (χ1) is 8.98. The highest BCUT2D eigenvalue weighted by atomic mass is 32.2. The van der Waals surface area contributed by atoms with E-state index in [0.717, 1.165) is 24.2 Å². The molecule has 0 radical (unpaired) electrons. The molecular weight excluding hydrogens is 262 g/mol. The van der Waals surface area contributed by atoms with Crippen LogP contribution in [0.5, 0.6) is 0 Å². The maximum atomic E-state index is 11.6. The van der Waals surface area contributed by atoms with Crippen LogP contribution in [0, 0.1) is 19.8 Å². The zero-order valence-corrected chi connectivity index (χ0v) is 12.3. The Bertz CT molecular complexity index is 471. The van der Waals surface area contributed by atoms with Crippen LogP contribution in [0.3, 0.4) is 0 Å². The first kappa shape index (κ1) is 14.3. The fraction of sp³-hybridized carbons (Fsp3) is 0.615. The number of hydrogen-bond donors (Lipinski definition) is 2. The molecule has 5 nitrogen and oxygen atoms in total. The van der Waals surface area contributed by atoms with Crippen molar-refractivity contribution < 1.29 is 9.90 Å². The summed E-state index contributed by atoms with van der Waals surface area (Å²) in [6.45, 7) is 3.84. The standard InChI is InChI=1S/C13H19N3O2S/c1-8-6-9(2)16-12(15-8)19-7-13(14-3,11(17)18)10-4-5-10/h6,10,14H,4-5,7H2,1-3H3,(H,17,18). The summed E-state index contributed by atoms with van der Waals surface area (Å²) in [4.78, 5) is 20.3. The molecule has 0 amide bonds. The van der Waals surface area contributed by atoms with Crippen LogP contribution in [0.4, 0.5) is 0 Å². The summed E-state index contributed by atoms with van der Waals surface area (Å²) in [7, 11) is 1.72. The molecule has 0 aliphatic heterocycles. The van der Waals surface area contributed by atoms with Gasteiger partial charge in [-0.05, 0) is 45.7 Å². The average molecular weight is 281 g/mol. The second-order valence-electron chi connectivity index (χ2n) is 5.02. The predicted octanol–water partition coefficient (Wildman–Crippen LogP) is 1.64. The van der Waals surface area contributed by atoms with E-state index in [4.69, 9.17) is 0 Å². The molecule has 1 atom stereocenters. The number of aryl methyl sites for hydroxylation is 2. The average Bonchev–Trinajstić information content (AvgIpc) is 3.13. The van der Waals surface area contributed by atoms with Gasteiger partial charge in [0.05, 0.1) is 0 Å². The lowest BCUT2D eigenvalue weighted by molar-refractivity contribution is -0.144. The highest BCUT2D eigenvalue weighted by molar-refractivity contribution is 7.99. The second-order valence-corrected chi connectivity index (χ2v) is 5.97. The van der Waals surface area contributed by atoms with Gasteiger partial charge in [0, 0.05) is 17.1 Å². The molecule has 0 aromatic carbocycles. The van der Waals surface area contributed by atoms with Gasteiger partial charge in [-0.15, -0.1) is 0 Å². The van der Waals surface area contributed by atoms with Gasteiger partial charge in [-0.25, -0.2) is 9.97 Å². The van der Waals surface area contributed by atoms with Crippen molar-refractivity contribution in [3.8, 4) is 0 Å². The number of carboxylic acid groups (broad SMARTS) is 1. The smallest absolute Gasteiger partial charge is 0.325 e. The molecule has 0 bridgehead atoms. The zero-order chi connectivity index (χ0) is 14.0. The topological polar surface area (TPSA) is 75.1 Å². The molecule has 2 rings (SSSR count). The van der Waals surface area contributed by atoms with E-state index < -0.39 is 11.5 Å². The van der Waals surface area contributed by atoms with Gasteiger partial charge >= 0.3 is 5.97 Å². The van der Waals surface area contributed by atoms with E-state index in [1.54, 1.807) is 7.05 Å². The summed E-state index contributed by atoms with van der Waals surface area (Å²) in [6.07, 6.45) is 1.95. The van der Waals surface area contributed by atoms with Gasteiger partial charge in [0.1, 0.15) is 5.54 Å². The third-order valence-electron chi connectivity index (χ3n) is 3.49. The summed E-state index contributed by atoms with van der Waals surface area (Å²) in [6, 6.07) is 1.91. The molecule has 1 aromatic rings. The Kier molecular flexibility index (Phi) is 4.10. The molecule has 1 aliphatic rings. The number of nitrogens with one attached hydrogen (secondary N) is 1. The monoisotopic (exact) mass is 281 g/mol. The Labute approximate surface area is 117 Å². The number of aromatic nitrogens is 2. The van der Waals surface area contributed by atoms with E-state index in [1.165, 1.54) is 11.8 Å². The minimum Gasteiger partial charge on any atom is -0.480 e. The number of nitrogens with zero attached hydrogens (tertiary/aromatic N) is 2. The van der Waals surface area contributed by atoms with Crippen LogP contribution in [0.25, 0.3) is 0 Å². The lowest BCUT2D eigenvalue weighted by Gasteiger charge is -2.28. The molecule has 1 heterocycles. The molecule has 104 valence electrons. The van der Waals surface area contributed by atoms with Crippen molar-refractivity contribution in [2.24, 2.45) is 5.92 Å². The highest BCUT2D eigenvalue weighted by Gasteiger charge is 2.50. The highest BCUT2D eigenvalue weighted by Crippen LogP contribution is 2.42. The number of carboxylic acids is 1. The summed E-state index contributed by atoms with van der Waals surface area (Å²) >= 11 is 1.41. The Balaban J connectivity index is 2.12. The summed E-state index contributed by atoms with van der Waals surface area (Å²) in [5, 5.41) is 13.2. The van der Waals surface area contributed by atoms with Gasteiger partial charge in [0.15, 0.2) is 5.16 Å². The van der Waals surface area contributed by atoms with Gasteiger partial charge in [-0.1, -0.05) is 11.8 Å². The Morgan fingerprint density at radius 3 is 2.47 bits per heavy atom. The quantitative estimate of drug-likeness (QED) is 0.610. The lowest BCUT2D eigenvalue weighted by atomic mass is 9.96. The fourth-order valence-corrected chi connectivity index (χ4v) is 3.53. The molecule has 19 heavy (non-hydrogen) atoms. The van der Waals surface area contributed by atoms with Gasteiger partial charge in [-0.3, -0.25) is 4.79 Å². The number of carbonyl (C=O) groups is 1. The van der Waals surface area contributed by atoms with Crippen molar-refractivity contribution in [1.82, 2.24) is 15.3 Å². The molecule has 1 unspecified atom stereocenters. The van der Waals surface area contributed by atoms with E-state index >= 15 is 0 Å². The minimum absolute atomic E-state index is 0.216. The van der Waals surface area contributed by atoms with E-state index in [2.05, 4.69) is 15.3 Å². The van der Waals surface area contributed by atoms with Crippen LogP contribution in [0.15, 0.2) is 11.2 Å². The number of thioether (sulfide) groups is 1. The molecule has 2 N–H and O–H groups in total. The normalized spacial score (nSPS) is 18.1. The molecule has 0 spiro atoms. The van der Waals surface area contributed by atoms with Crippen molar-refractivity contribution >= 4 is 17.7 Å². The van der Waals surface area contributed by atoms with Crippen molar-refractivity contribution in [1.29, 1.82) is 0 Å². The molecule has 1 fully saturated rings.